The molecular weight excluding hydrogens is 364 g/mol. The average Bonchev–Trinajstić information content (AvgIpc) is 3.05. The van der Waals surface area contributed by atoms with Crippen molar-refractivity contribution in [2.45, 2.75) is 18.7 Å². The summed E-state index contributed by atoms with van der Waals surface area (Å²) in [5.74, 6) is -0.313. The van der Waals surface area contributed by atoms with E-state index < -0.39 is 10.0 Å². The number of anilines is 2. The predicted molar refractivity (Wildman–Crippen MR) is 104 cm³/mol. The maximum atomic E-state index is 12.5. The number of rotatable bonds is 5. The number of sulfonamides is 1. The summed E-state index contributed by atoms with van der Waals surface area (Å²) in [6.07, 6.45) is 3.06. The molecule has 27 heavy (non-hydrogen) atoms. The van der Waals surface area contributed by atoms with Gasteiger partial charge in [0, 0.05) is 24.6 Å². The first kappa shape index (κ1) is 18.7. The summed E-state index contributed by atoms with van der Waals surface area (Å²) in [5.41, 5.74) is 3.52. The Morgan fingerprint density at radius 3 is 2.26 bits per heavy atom. The van der Waals surface area contributed by atoms with E-state index in [2.05, 4.69) is 15.1 Å². The third-order valence-corrected chi connectivity index (χ3v) is 5.55. The Labute approximate surface area is 158 Å². The molecule has 2 aromatic carbocycles. The Hall–Kier alpha value is -3.13. The van der Waals surface area contributed by atoms with Gasteiger partial charge in [0.25, 0.3) is 15.9 Å². The zero-order chi connectivity index (χ0) is 19.6. The quantitative estimate of drug-likeness (QED) is 0.707. The van der Waals surface area contributed by atoms with Gasteiger partial charge in [0.2, 0.25) is 0 Å². The smallest absolute Gasteiger partial charge is 0.261 e. The van der Waals surface area contributed by atoms with Crippen LogP contribution in [0.15, 0.2) is 59.8 Å². The number of hydrogen-bond acceptors (Lipinski definition) is 4. The van der Waals surface area contributed by atoms with Crippen LogP contribution in [0.1, 0.15) is 21.5 Å². The van der Waals surface area contributed by atoms with Crippen LogP contribution in [-0.4, -0.2) is 24.1 Å². The first-order valence-electron chi connectivity index (χ1n) is 8.25. The molecule has 0 radical (unpaired) electrons. The van der Waals surface area contributed by atoms with Gasteiger partial charge in [0.15, 0.2) is 0 Å². The summed E-state index contributed by atoms with van der Waals surface area (Å²) in [6.45, 7) is 3.89. The predicted octanol–water partition coefficient (Wildman–Crippen LogP) is 3.09. The highest BCUT2D eigenvalue weighted by atomic mass is 32.2. The molecule has 0 saturated heterocycles. The van der Waals surface area contributed by atoms with Gasteiger partial charge in [0.05, 0.1) is 16.7 Å². The summed E-state index contributed by atoms with van der Waals surface area (Å²) >= 11 is 0. The van der Waals surface area contributed by atoms with Crippen molar-refractivity contribution in [2.75, 3.05) is 10.0 Å². The van der Waals surface area contributed by atoms with Crippen molar-refractivity contribution < 1.29 is 13.2 Å². The molecule has 0 saturated carbocycles. The molecule has 0 unspecified atom stereocenters. The lowest BCUT2D eigenvalue weighted by Crippen LogP contribution is -2.14. The van der Waals surface area contributed by atoms with Gasteiger partial charge in [-0.3, -0.25) is 14.2 Å². The molecule has 0 aliphatic rings. The van der Waals surface area contributed by atoms with Crippen molar-refractivity contribution in [3.8, 4) is 0 Å². The molecule has 140 valence electrons. The molecule has 1 heterocycles. The molecule has 0 aliphatic heterocycles. The summed E-state index contributed by atoms with van der Waals surface area (Å²) in [4.78, 5) is 12.2. The molecule has 0 fully saturated rings. The number of aromatic nitrogens is 2. The van der Waals surface area contributed by atoms with Crippen LogP contribution in [-0.2, 0) is 17.1 Å². The Morgan fingerprint density at radius 2 is 1.67 bits per heavy atom. The van der Waals surface area contributed by atoms with Crippen molar-refractivity contribution >= 4 is 27.3 Å². The van der Waals surface area contributed by atoms with Crippen LogP contribution in [0.5, 0.6) is 0 Å². The van der Waals surface area contributed by atoms with Gasteiger partial charge < -0.3 is 5.32 Å². The Bertz CT molecular complexity index is 1090. The zero-order valence-corrected chi connectivity index (χ0v) is 16.0. The van der Waals surface area contributed by atoms with E-state index in [0.29, 0.717) is 16.9 Å². The number of amides is 1. The van der Waals surface area contributed by atoms with E-state index in [1.807, 2.05) is 19.9 Å². The molecule has 0 spiro atoms. The minimum absolute atomic E-state index is 0.111. The van der Waals surface area contributed by atoms with E-state index in [1.54, 1.807) is 37.5 Å². The van der Waals surface area contributed by atoms with E-state index in [4.69, 9.17) is 0 Å². The number of carbonyl (C=O) groups excluding carboxylic acids is 1. The van der Waals surface area contributed by atoms with Crippen molar-refractivity contribution in [3.05, 3.63) is 71.5 Å². The van der Waals surface area contributed by atoms with Gasteiger partial charge in [-0.05, 0) is 61.4 Å². The summed E-state index contributed by atoms with van der Waals surface area (Å²) in [6, 6.07) is 11.4. The summed E-state index contributed by atoms with van der Waals surface area (Å²) in [7, 11) is -1.99. The lowest BCUT2D eigenvalue weighted by atomic mass is 10.1. The van der Waals surface area contributed by atoms with Gasteiger partial charge in [-0.25, -0.2) is 8.42 Å². The minimum atomic E-state index is -3.71. The fraction of sp³-hybridized carbons (Fsp3) is 0.158. The first-order valence-corrected chi connectivity index (χ1v) is 9.73. The standard InChI is InChI=1S/C19H20N4O3S/c1-13-4-5-17(10-14(13)2)22-27(25,26)18-8-6-16(7-9-18)21-19(24)15-11-20-23(3)12-15/h4-12,22H,1-3H3,(H,21,24). The van der Waals surface area contributed by atoms with Gasteiger partial charge in [-0.15, -0.1) is 0 Å². The second kappa shape index (κ2) is 7.24. The normalized spacial score (nSPS) is 11.2. The van der Waals surface area contributed by atoms with E-state index >= 15 is 0 Å². The first-order chi connectivity index (χ1) is 12.7. The maximum absolute atomic E-state index is 12.5. The van der Waals surface area contributed by atoms with Crippen molar-refractivity contribution in [1.29, 1.82) is 0 Å². The largest absolute Gasteiger partial charge is 0.322 e. The van der Waals surface area contributed by atoms with Crippen molar-refractivity contribution in [2.24, 2.45) is 7.05 Å². The van der Waals surface area contributed by atoms with E-state index in [-0.39, 0.29) is 10.8 Å². The molecule has 0 atom stereocenters. The molecule has 0 bridgehead atoms. The highest BCUT2D eigenvalue weighted by Gasteiger charge is 2.15. The number of benzene rings is 2. The van der Waals surface area contributed by atoms with Crippen LogP contribution >= 0.6 is 0 Å². The van der Waals surface area contributed by atoms with Gasteiger partial charge in [-0.2, -0.15) is 5.10 Å². The molecule has 3 aromatic rings. The highest BCUT2D eigenvalue weighted by molar-refractivity contribution is 7.92. The number of nitrogens with one attached hydrogen (secondary N) is 2. The molecule has 3 rings (SSSR count). The molecule has 8 heteroatoms. The maximum Gasteiger partial charge on any atom is 0.261 e. The van der Waals surface area contributed by atoms with Crippen LogP contribution in [0.2, 0.25) is 0 Å². The second-order valence-electron chi connectivity index (χ2n) is 6.29. The van der Waals surface area contributed by atoms with Crippen LogP contribution in [0, 0.1) is 13.8 Å². The Morgan fingerprint density at radius 1 is 1.00 bits per heavy atom. The molecule has 0 aliphatic carbocycles. The summed E-state index contributed by atoms with van der Waals surface area (Å²) < 4.78 is 29.2. The van der Waals surface area contributed by atoms with Gasteiger partial charge >= 0.3 is 0 Å². The molecule has 7 nitrogen and oxygen atoms in total. The van der Waals surface area contributed by atoms with Crippen LogP contribution < -0.4 is 10.0 Å². The lowest BCUT2D eigenvalue weighted by molar-refractivity contribution is 0.102. The fourth-order valence-corrected chi connectivity index (χ4v) is 3.53. The van der Waals surface area contributed by atoms with Crippen molar-refractivity contribution in [3.63, 3.8) is 0 Å². The van der Waals surface area contributed by atoms with Crippen LogP contribution in [0.25, 0.3) is 0 Å². The second-order valence-corrected chi connectivity index (χ2v) is 7.97. The number of nitrogens with zero attached hydrogens (tertiary/aromatic N) is 2. The molecule has 1 amide bonds. The number of carbonyl (C=O) groups is 1. The molecular formula is C19H20N4O3S. The Kier molecular flexibility index (Phi) is 5.00. The van der Waals surface area contributed by atoms with Crippen molar-refractivity contribution in [1.82, 2.24) is 9.78 Å². The van der Waals surface area contributed by atoms with Gasteiger partial charge in [-0.1, -0.05) is 6.07 Å². The fourth-order valence-electron chi connectivity index (χ4n) is 2.48. The molecule has 2 N–H and O–H groups in total. The topological polar surface area (TPSA) is 93.1 Å². The molecule has 1 aromatic heterocycles. The number of aryl methyl sites for hydroxylation is 3. The lowest BCUT2D eigenvalue weighted by Gasteiger charge is -2.10. The third-order valence-electron chi connectivity index (χ3n) is 4.15. The van der Waals surface area contributed by atoms with Crippen LogP contribution in [0.4, 0.5) is 11.4 Å². The average molecular weight is 384 g/mol. The third kappa shape index (κ3) is 4.35. The Balaban J connectivity index is 1.73. The van der Waals surface area contributed by atoms with E-state index in [9.17, 15) is 13.2 Å². The number of hydrogen-bond donors (Lipinski definition) is 2. The zero-order valence-electron chi connectivity index (χ0n) is 15.2. The SMILES string of the molecule is Cc1ccc(NS(=O)(=O)c2ccc(NC(=O)c3cnn(C)c3)cc2)cc1C. The van der Waals surface area contributed by atoms with Gasteiger partial charge in [0.1, 0.15) is 0 Å². The van der Waals surface area contributed by atoms with E-state index in [0.717, 1.165) is 11.1 Å². The van der Waals surface area contributed by atoms with E-state index in [1.165, 1.54) is 23.0 Å². The summed E-state index contributed by atoms with van der Waals surface area (Å²) in [5, 5.41) is 6.65. The van der Waals surface area contributed by atoms with Crippen LogP contribution in [0.3, 0.4) is 0 Å². The monoisotopic (exact) mass is 384 g/mol. The highest BCUT2D eigenvalue weighted by Crippen LogP contribution is 2.20. The minimum Gasteiger partial charge on any atom is -0.322 e.